The number of halogens is 2. The zero-order valence-electron chi connectivity index (χ0n) is 14.8. The summed E-state index contributed by atoms with van der Waals surface area (Å²) in [5.41, 5.74) is 0.0588. The molecule has 1 aliphatic heterocycles. The Bertz CT molecular complexity index is 1180. The molecule has 2 aromatic carbocycles. The number of benzene rings is 2. The van der Waals surface area contributed by atoms with Crippen LogP contribution in [-0.2, 0) is 24.8 Å². The summed E-state index contributed by atoms with van der Waals surface area (Å²) >= 11 is 3.09. The number of nitrogens with one attached hydrogen (secondary N) is 1. The number of carbonyl (C=O) groups excluding carboxylic acids is 1. The van der Waals surface area contributed by atoms with E-state index in [4.69, 9.17) is 0 Å². The van der Waals surface area contributed by atoms with Crippen LogP contribution in [0.25, 0.3) is 0 Å². The Balaban J connectivity index is 1.97. The van der Waals surface area contributed by atoms with E-state index in [-0.39, 0.29) is 27.6 Å². The highest BCUT2D eigenvalue weighted by molar-refractivity contribution is 9.10. The summed E-state index contributed by atoms with van der Waals surface area (Å²) in [6, 6.07) is 7.63. The van der Waals surface area contributed by atoms with Gasteiger partial charge in [-0.2, -0.15) is 0 Å². The maximum absolute atomic E-state index is 14.0. The standard InChI is InChI=1S/C17H16BrFN2O5S2/c1-10-7-13(21-17(22)11(2)9-27(21,23)24)4-6-16(10)28(25,26)20-15-5-3-12(18)8-14(15)19/h3-8,11,20H,9H2,1-2H3. The van der Waals surface area contributed by atoms with Gasteiger partial charge in [0.25, 0.3) is 10.0 Å². The minimum Gasteiger partial charge on any atom is -0.277 e. The van der Waals surface area contributed by atoms with E-state index in [1.807, 2.05) is 0 Å². The third-order valence-electron chi connectivity index (χ3n) is 4.22. The van der Waals surface area contributed by atoms with Gasteiger partial charge in [0.05, 0.1) is 27.9 Å². The summed E-state index contributed by atoms with van der Waals surface area (Å²) in [6.07, 6.45) is 0. The van der Waals surface area contributed by atoms with Crippen LogP contribution in [0.4, 0.5) is 15.8 Å². The van der Waals surface area contributed by atoms with E-state index in [1.54, 1.807) is 0 Å². The minimum absolute atomic E-state index is 0.0700. The molecule has 2 aromatic rings. The van der Waals surface area contributed by atoms with Crippen molar-refractivity contribution < 1.29 is 26.0 Å². The first kappa shape index (κ1) is 20.7. The zero-order chi connectivity index (χ0) is 20.9. The summed E-state index contributed by atoms with van der Waals surface area (Å²) < 4.78 is 67.0. The summed E-state index contributed by atoms with van der Waals surface area (Å²) in [7, 11) is -7.93. The van der Waals surface area contributed by atoms with Gasteiger partial charge in [-0.1, -0.05) is 22.9 Å². The molecule has 0 aromatic heterocycles. The number of hydrogen-bond acceptors (Lipinski definition) is 5. The number of amides is 1. The van der Waals surface area contributed by atoms with Crippen molar-refractivity contribution in [3.05, 3.63) is 52.3 Å². The molecule has 1 N–H and O–H groups in total. The molecule has 3 rings (SSSR count). The number of nitrogens with zero attached hydrogens (tertiary/aromatic N) is 1. The molecular weight excluding hydrogens is 475 g/mol. The van der Waals surface area contributed by atoms with Gasteiger partial charge in [0.1, 0.15) is 5.82 Å². The Hall–Kier alpha value is -1.98. The van der Waals surface area contributed by atoms with Crippen molar-refractivity contribution in [2.75, 3.05) is 14.8 Å². The molecule has 0 aliphatic carbocycles. The monoisotopic (exact) mass is 490 g/mol. The van der Waals surface area contributed by atoms with Crippen LogP contribution in [0.5, 0.6) is 0 Å². The van der Waals surface area contributed by atoms with Crippen molar-refractivity contribution in [1.82, 2.24) is 0 Å². The Kier molecular flexibility index (Phi) is 5.28. The average molecular weight is 491 g/mol. The maximum atomic E-state index is 14.0. The van der Waals surface area contributed by atoms with Gasteiger partial charge in [-0.3, -0.25) is 9.52 Å². The molecule has 1 unspecified atom stereocenters. The molecule has 28 heavy (non-hydrogen) atoms. The van der Waals surface area contributed by atoms with E-state index < -0.39 is 37.7 Å². The molecule has 150 valence electrons. The fourth-order valence-electron chi connectivity index (χ4n) is 2.92. The van der Waals surface area contributed by atoms with E-state index in [2.05, 4.69) is 20.7 Å². The van der Waals surface area contributed by atoms with E-state index in [9.17, 15) is 26.0 Å². The third-order valence-corrected chi connectivity index (χ3v) is 8.11. The van der Waals surface area contributed by atoms with E-state index in [1.165, 1.54) is 44.2 Å². The molecular formula is C17H16BrFN2O5S2. The van der Waals surface area contributed by atoms with Crippen LogP contribution in [-0.4, -0.2) is 28.5 Å². The second-order valence-corrected chi connectivity index (χ2v) is 10.9. The summed E-state index contributed by atoms with van der Waals surface area (Å²) in [4.78, 5) is 12.0. The summed E-state index contributed by atoms with van der Waals surface area (Å²) in [6.45, 7) is 2.98. The molecule has 1 aliphatic rings. The molecule has 0 spiro atoms. The first-order chi connectivity index (χ1) is 12.9. The molecule has 0 radical (unpaired) electrons. The lowest BCUT2D eigenvalue weighted by Crippen LogP contribution is -2.30. The lowest BCUT2D eigenvalue weighted by atomic mass is 10.2. The Labute approximate surface area is 170 Å². The van der Waals surface area contributed by atoms with E-state index >= 15 is 0 Å². The van der Waals surface area contributed by atoms with E-state index in [0.29, 0.717) is 8.78 Å². The van der Waals surface area contributed by atoms with E-state index in [0.717, 1.165) is 6.07 Å². The number of carbonyl (C=O) groups is 1. The third kappa shape index (κ3) is 3.78. The number of anilines is 2. The highest BCUT2D eigenvalue weighted by Gasteiger charge is 2.42. The quantitative estimate of drug-likeness (QED) is 0.709. The molecule has 1 heterocycles. The molecule has 1 fully saturated rings. The number of rotatable bonds is 4. The van der Waals surface area contributed by atoms with Crippen LogP contribution in [0.1, 0.15) is 12.5 Å². The van der Waals surface area contributed by atoms with Gasteiger partial charge in [0.15, 0.2) is 0 Å². The van der Waals surface area contributed by atoms with Crippen molar-refractivity contribution in [3.8, 4) is 0 Å². The summed E-state index contributed by atoms with van der Waals surface area (Å²) in [5.74, 6) is -2.29. The Morgan fingerprint density at radius 3 is 2.43 bits per heavy atom. The lowest BCUT2D eigenvalue weighted by molar-refractivity contribution is -0.119. The SMILES string of the molecule is Cc1cc(N2C(=O)C(C)CS2(=O)=O)ccc1S(=O)(=O)Nc1ccc(Br)cc1F. The fraction of sp³-hybridized carbons (Fsp3) is 0.235. The van der Waals surface area contributed by atoms with Crippen LogP contribution < -0.4 is 9.03 Å². The summed E-state index contributed by atoms with van der Waals surface area (Å²) in [5, 5.41) is 0. The molecule has 0 saturated carbocycles. The zero-order valence-corrected chi connectivity index (χ0v) is 18.0. The molecule has 11 heteroatoms. The van der Waals surface area contributed by atoms with Crippen molar-refractivity contribution in [3.63, 3.8) is 0 Å². The smallest absolute Gasteiger partial charge is 0.262 e. The predicted molar refractivity (Wildman–Crippen MR) is 107 cm³/mol. The van der Waals surface area contributed by atoms with Crippen molar-refractivity contribution in [2.45, 2.75) is 18.7 Å². The highest BCUT2D eigenvalue weighted by atomic mass is 79.9. The predicted octanol–water partition coefficient (Wildman–Crippen LogP) is 3.01. The molecule has 1 atom stereocenters. The van der Waals surface area contributed by atoms with Gasteiger partial charge in [-0.25, -0.2) is 25.5 Å². The van der Waals surface area contributed by atoms with Crippen molar-refractivity contribution >= 4 is 53.3 Å². The number of hydrogen-bond donors (Lipinski definition) is 1. The molecule has 0 bridgehead atoms. The highest BCUT2D eigenvalue weighted by Crippen LogP contribution is 2.31. The number of aryl methyl sites for hydroxylation is 1. The van der Waals surface area contributed by atoms with Gasteiger partial charge in [0.2, 0.25) is 15.9 Å². The normalized spacial score (nSPS) is 19.1. The second-order valence-electron chi connectivity index (χ2n) is 6.46. The lowest BCUT2D eigenvalue weighted by Gasteiger charge is -2.17. The van der Waals surface area contributed by atoms with Gasteiger partial charge in [0, 0.05) is 4.47 Å². The van der Waals surface area contributed by atoms with Crippen LogP contribution in [0, 0.1) is 18.7 Å². The van der Waals surface area contributed by atoms with Crippen LogP contribution >= 0.6 is 15.9 Å². The topological polar surface area (TPSA) is 101 Å². The van der Waals surface area contributed by atoms with Crippen molar-refractivity contribution in [2.24, 2.45) is 5.92 Å². The first-order valence-corrected chi connectivity index (χ1v) is 12.0. The first-order valence-electron chi connectivity index (χ1n) is 8.08. The van der Waals surface area contributed by atoms with Crippen LogP contribution in [0.2, 0.25) is 0 Å². The van der Waals surface area contributed by atoms with Gasteiger partial charge in [-0.05, 0) is 48.9 Å². The second kappa shape index (κ2) is 7.12. The van der Waals surface area contributed by atoms with Crippen LogP contribution in [0.3, 0.4) is 0 Å². The van der Waals surface area contributed by atoms with Gasteiger partial charge >= 0.3 is 0 Å². The van der Waals surface area contributed by atoms with Gasteiger partial charge in [-0.15, -0.1) is 0 Å². The minimum atomic E-state index is -4.13. The van der Waals surface area contributed by atoms with Gasteiger partial charge < -0.3 is 0 Å². The largest absolute Gasteiger partial charge is 0.277 e. The average Bonchev–Trinajstić information content (AvgIpc) is 2.77. The Morgan fingerprint density at radius 1 is 1.21 bits per heavy atom. The fourth-order valence-corrected chi connectivity index (χ4v) is 6.36. The van der Waals surface area contributed by atoms with Crippen LogP contribution in [0.15, 0.2) is 45.8 Å². The Morgan fingerprint density at radius 2 is 1.89 bits per heavy atom. The van der Waals surface area contributed by atoms with Crippen molar-refractivity contribution in [1.29, 1.82) is 0 Å². The number of sulfonamides is 2. The molecule has 7 nitrogen and oxygen atoms in total. The maximum Gasteiger partial charge on any atom is 0.262 e. The molecule has 1 saturated heterocycles. The molecule has 1 amide bonds.